The standard InChI is InChI=1S/C12H13BrN4O2S/c13-11-5-14-16-12(11)6-15-20(18,19)17-7-9-3-1-2-4-10(9)8-17/h1-5,15H,6-8H2,(H,14,16). The van der Waals surface area contributed by atoms with Gasteiger partial charge in [-0.25, -0.2) is 0 Å². The molecule has 1 aromatic heterocycles. The summed E-state index contributed by atoms with van der Waals surface area (Å²) in [5, 5.41) is 6.58. The van der Waals surface area contributed by atoms with Crippen LogP contribution in [0.15, 0.2) is 34.9 Å². The molecule has 0 spiro atoms. The Kier molecular flexibility index (Phi) is 3.63. The first kappa shape index (κ1) is 13.7. The lowest BCUT2D eigenvalue weighted by Crippen LogP contribution is -2.37. The average Bonchev–Trinajstić information content (AvgIpc) is 3.02. The van der Waals surface area contributed by atoms with Crippen LogP contribution in [0.2, 0.25) is 0 Å². The topological polar surface area (TPSA) is 78.1 Å². The molecule has 0 amide bonds. The van der Waals surface area contributed by atoms with E-state index in [1.165, 1.54) is 4.31 Å². The summed E-state index contributed by atoms with van der Waals surface area (Å²) in [6.45, 7) is 1.00. The van der Waals surface area contributed by atoms with Crippen molar-refractivity contribution in [2.45, 2.75) is 19.6 Å². The SMILES string of the molecule is O=S(=O)(NCc1[nH]ncc1Br)N1Cc2ccccc2C1. The van der Waals surface area contributed by atoms with Gasteiger partial charge in [0.05, 0.1) is 22.9 Å². The Morgan fingerprint density at radius 2 is 1.95 bits per heavy atom. The van der Waals surface area contributed by atoms with Gasteiger partial charge in [-0.05, 0) is 27.1 Å². The molecule has 6 nitrogen and oxygen atoms in total. The quantitative estimate of drug-likeness (QED) is 0.871. The van der Waals surface area contributed by atoms with Crippen molar-refractivity contribution in [2.75, 3.05) is 0 Å². The molecule has 2 aromatic rings. The van der Waals surface area contributed by atoms with Crippen molar-refractivity contribution >= 4 is 26.1 Å². The van der Waals surface area contributed by atoms with Crippen molar-refractivity contribution in [3.63, 3.8) is 0 Å². The van der Waals surface area contributed by atoms with E-state index in [0.717, 1.165) is 15.6 Å². The van der Waals surface area contributed by atoms with Gasteiger partial charge in [-0.3, -0.25) is 5.10 Å². The summed E-state index contributed by atoms with van der Waals surface area (Å²) < 4.78 is 29.3. The lowest BCUT2D eigenvalue weighted by molar-refractivity contribution is 0.421. The lowest BCUT2D eigenvalue weighted by Gasteiger charge is -2.15. The van der Waals surface area contributed by atoms with Crippen LogP contribution in [0.5, 0.6) is 0 Å². The molecule has 3 rings (SSSR count). The summed E-state index contributed by atoms with van der Waals surface area (Å²) in [5.41, 5.74) is 2.81. The molecular formula is C12H13BrN4O2S. The van der Waals surface area contributed by atoms with Crippen molar-refractivity contribution in [1.29, 1.82) is 0 Å². The molecule has 20 heavy (non-hydrogen) atoms. The average molecular weight is 357 g/mol. The van der Waals surface area contributed by atoms with E-state index in [0.29, 0.717) is 18.8 Å². The third-order valence-electron chi connectivity index (χ3n) is 3.25. The van der Waals surface area contributed by atoms with Crippen LogP contribution in [0.3, 0.4) is 0 Å². The molecule has 8 heteroatoms. The Morgan fingerprint density at radius 1 is 1.30 bits per heavy atom. The molecule has 1 aromatic carbocycles. The van der Waals surface area contributed by atoms with Crippen LogP contribution in [0, 0.1) is 0 Å². The van der Waals surface area contributed by atoms with Crippen LogP contribution >= 0.6 is 15.9 Å². The second-order valence-electron chi connectivity index (χ2n) is 4.56. The lowest BCUT2D eigenvalue weighted by atomic mass is 10.1. The van der Waals surface area contributed by atoms with Gasteiger partial charge >= 0.3 is 0 Å². The summed E-state index contributed by atoms with van der Waals surface area (Å²) in [6.07, 6.45) is 1.59. The van der Waals surface area contributed by atoms with E-state index in [1.54, 1.807) is 6.20 Å². The smallest absolute Gasteiger partial charge is 0.280 e. The van der Waals surface area contributed by atoms with Crippen LogP contribution in [0.4, 0.5) is 0 Å². The van der Waals surface area contributed by atoms with Crippen molar-refractivity contribution < 1.29 is 8.42 Å². The maximum absolute atomic E-state index is 12.3. The summed E-state index contributed by atoms with van der Waals surface area (Å²) in [4.78, 5) is 0. The Morgan fingerprint density at radius 3 is 2.50 bits per heavy atom. The number of H-pyrrole nitrogens is 1. The van der Waals surface area contributed by atoms with Gasteiger partial charge in [0, 0.05) is 13.1 Å². The van der Waals surface area contributed by atoms with E-state index < -0.39 is 10.2 Å². The molecule has 1 aliphatic heterocycles. The number of benzene rings is 1. The second kappa shape index (κ2) is 5.28. The number of aromatic amines is 1. The highest BCUT2D eigenvalue weighted by atomic mass is 79.9. The van der Waals surface area contributed by atoms with E-state index in [-0.39, 0.29) is 6.54 Å². The minimum absolute atomic E-state index is 0.176. The molecule has 0 atom stereocenters. The molecule has 0 aliphatic carbocycles. The summed E-state index contributed by atoms with van der Waals surface area (Å²) in [5.74, 6) is 0. The van der Waals surface area contributed by atoms with Crippen LogP contribution in [-0.2, 0) is 29.8 Å². The molecule has 0 saturated carbocycles. The van der Waals surface area contributed by atoms with Crippen LogP contribution in [0.25, 0.3) is 0 Å². The molecule has 1 aliphatic rings. The predicted octanol–water partition coefficient (Wildman–Crippen LogP) is 1.52. The Balaban J connectivity index is 1.70. The van der Waals surface area contributed by atoms with E-state index in [4.69, 9.17) is 0 Å². The van der Waals surface area contributed by atoms with Gasteiger partial charge < -0.3 is 0 Å². The number of halogens is 1. The first-order valence-electron chi connectivity index (χ1n) is 6.05. The molecular weight excluding hydrogens is 344 g/mol. The van der Waals surface area contributed by atoms with Crippen molar-refractivity contribution in [2.24, 2.45) is 0 Å². The first-order valence-corrected chi connectivity index (χ1v) is 8.29. The van der Waals surface area contributed by atoms with Gasteiger partial charge in [0.2, 0.25) is 0 Å². The molecule has 0 unspecified atom stereocenters. The summed E-state index contributed by atoms with van der Waals surface area (Å²) in [6, 6.07) is 7.75. The maximum Gasteiger partial charge on any atom is 0.280 e. The summed E-state index contributed by atoms with van der Waals surface area (Å²) in [7, 11) is -3.51. The highest BCUT2D eigenvalue weighted by Crippen LogP contribution is 2.24. The van der Waals surface area contributed by atoms with Gasteiger partial charge in [0.15, 0.2) is 0 Å². The van der Waals surface area contributed by atoms with Gasteiger partial charge in [-0.15, -0.1) is 0 Å². The molecule has 2 heterocycles. The molecule has 0 saturated heterocycles. The predicted molar refractivity (Wildman–Crippen MR) is 77.7 cm³/mol. The Labute approximate surface area is 125 Å². The van der Waals surface area contributed by atoms with Crippen LogP contribution < -0.4 is 4.72 Å². The van der Waals surface area contributed by atoms with Crippen LogP contribution in [0.1, 0.15) is 16.8 Å². The number of aromatic nitrogens is 2. The molecule has 0 radical (unpaired) electrons. The first-order chi connectivity index (χ1) is 9.56. The van der Waals surface area contributed by atoms with Gasteiger partial charge in [-0.1, -0.05) is 24.3 Å². The van der Waals surface area contributed by atoms with Crippen molar-refractivity contribution in [3.05, 3.63) is 51.8 Å². The summed E-state index contributed by atoms with van der Waals surface area (Å²) >= 11 is 3.30. The highest BCUT2D eigenvalue weighted by Gasteiger charge is 2.28. The Hall–Kier alpha value is -1.22. The number of hydrogen-bond donors (Lipinski definition) is 2. The number of rotatable bonds is 4. The Bertz CT molecular complexity index is 704. The molecule has 0 fully saturated rings. The van der Waals surface area contributed by atoms with E-state index in [2.05, 4.69) is 30.8 Å². The van der Waals surface area contributed by atoms with Gasteiger partial charge in [-0.2, -0.15) is 22.5 Å². The minimum Gasteiger partial charge on any atom is -0.280 e. The number of nitrogens with zero attached hydrogens (tertiary/aromatic N) is 2. The fraction of sp³-hybridized carbons (Fsp3) is 0.250. The zero-order valence-electron chi connectivity index (χ0n) is 10.5. The largest absolute Gasteiger partial charge is 0.280 e. The van der Waals surface area contributed by atoms with E-state index in [9.17, 15) is 8.42 Å². The van der Waals surface area contributed by atoms with Gasteiger partial charge in [0.25, 0.3) is 10.2 Å². The zero-order chi connectivity index (χ0) is 14.2. The number of fused-ring (bicyclic) bond motifs is 1. The number of hydrogen-bond acceptors (Lipinski definition) is 3. The fourth-order valence-corrected chi connectivity index (χ4v) is 3.61. The maximum atomic E-state index is 12.3. The van der Waals surface area contributed by atoms with Crippen molar-refractivity contribution in [1.82, 2.24) is 19.2 Å². The molecule has 0 bridgehead atoms. The third kappa shape index (κ3) is 2.64. The van der Waals surface area contributed by atoms with Crippen LogP contribution in [-0.4, -0.2) is 22.9 Å². The molecule has 2 N–H and O–H groups in total. The second-order valence-corrected chi connectivity index (χ2v) is 7.17. The minimum atomic E-state index is -3.51. The van der Waals surface area contributed by atoms with Crippen molar-refractivity contribution in [3.8, 4) is 0 Å². The third-order valence-corrected chi connectivity index (χ3v) is 5.38. The highest BCUT2D eigenvalue weighted by molar-refractivity contribution is 9.10. The zero-order valence-corrected chi connectivity index (χ0v) is 12.9. The molecule has 106 valence electrons. The van der Waals surface area contributed by atoms with E-state index in [1.807, 2.05) is 24.3 Å². The van der Waals surface area contributed by atoms with Gasteiger partial charge in [0.1, 0.15) is 0 Å². The fourth-order valence-electron chi connectivity index (χ4n) is 2.15. The number of nitrogens with one attached hydrogen (secondary N) is 2. The monoisotopic (exact) mass is 356 g/mol. The van der Waals surface area contributed by atoms with E-state index >= 15 is 0 Å². The normalized spacial score (nSPS) is 15.4.